The SMILES string of the molecule is CCC/C(=C/C(=O)OCC)NC(=O)Nc1cc(OC(C)C)c(Cl)cc1F. The zero-order chi connectivity index (χ0) is 19.7. The Bertz CT molecular complexity index is 677. The van der Waals surface area contributed by atoms with Crippen molar-refractivity contribution in [2.24, 2.45) is 0 Å². The van der Waals surface area contributed by atoms with Gasteiger partial charge in [0.1, 0.15) is 11.6 Å². The highest BCUT2D eigenvalue weighted by molar-refractivity contribution is 6.32. The normalized spacial score (nSPS) is 11.3. The van der Waals surface area contributed by atoms with Gasteiger partial charge < -0.3 is 20.1 Å². The predicted molar refractivity (Wildman–Crippen MR) is 99.0 cm³/mol. The standard InChI is InChI=1S/C18H24ClFN2O4/c1-5-7-12(8-17(23)25-6-2)21-18(24)22-15-10-16(26-11(3)4)13(19)9-14(15)20/h8-11H,5-7H2,1-4H3,(H2,21,22,24)/b12-8-. The largest absolute Gasteiger partial charge is 0.489 e. The van der Waals surface area contributed by atoms with E-state index in [9.17, 15) is 14.0 Å². The number of halogens is 2. The molecule has 0 saturated carbocycles. The van der Waals surface area contributed by atoms with E-state index in [0.29, 0.717) is 18.5 Å². The van der Waals surface area contributed by atoms with Crippen molar-refractivity contribution in [1.82, 2.24) is 5.32 Å². The van der Waals surface area contributed by atoms with E-state index in [1.165, 1.54) is 12.1 Å². The molecule has 1 aromatic carbocycles. The molecule has 0 atom stereocenters. The number of rotatable bonds is 8. The molecule has 0 spiro atoms. The van der Waals surface area contributed by atoms with E-state index in [4.69, 9.17) is 21.1 Å². The Morgan fingerprint density at radius 1 is 1.31 bits per heavy atom. The number of allylic oxidation sites excluding steroid dienone is 1. The lowest BCUT2D eigenvalue weighted by Gasteiger charge is -2.15. The van der Waals surface area contributed by atoms with Crippen molar-refractivity contribution in [3.8, 4) is 5.75 Å². The van der Waals surface area contributed by atoms with Gasteiger partial charge in [-0.2, -0.15) is 0 Å². The average molecular weight is 387 g/mol. The van der Waals surface area contributed by atoms with Gasteiger partial charge in [0, 0.05) is 17.8 Å². The smallest absolute Gasteiger partial charge is 0.332 e. The Kier molecular flexibility index (Phi) is 8.92. The lowest BCUT2D eigenvalue weighted by molar-refractivity contribution is -0.137. The van der Waals surface area contributed by atoms with Crippen LogP contribution in [0.25, 0.3) is 0 Å². The molecule has 0 aliphatic rings. The van der Waals surface area contributed by atoms with Crippen molar-refractivity contribution in [3.05, 3.63) is 34.7 Å². The van der Waals surface area contributed by atoms with Gasteiger partial charge in [-0.25, -0.2) is 14.0 Å². The quantitative estimate of drug-likeness (QED) is 0.504. The van der Waals surface area contributed by atoms with Gasteiger partial charge in [-0.1, -0.05) is 24.9 Å². The summed E-state index contributed by atoms with van der Waals surface area (Å²) in [5.41, 5.74) is 0.283. The molecule has 0 aromatic heterocycles. The van der Waals surface area contributed by atoms with Gasteiger partial charge in [-0.3, -0.25) is 0 Å². The molecule has 0 radical (unpaired) electrons. The Morgan fingerprint density at radius 3 is 2.58 bits per heavy atom. The number of nitrogens with one attached hydrogen (secondary N) is 2. The summed E-state index contributed by atoms with van der Waals surface area (Å²) in [5.74, 6) is -0.997. The number of carbonyl (C=O) groups is 2. The summed E-state index contributed by atoms with van der Waals surface area (Å²) in [5, 5.41) is 5.02. The lowest BCUT2D eigenvalue weighted by Crippen LogP contribution is -2.29. The number of anilines is 1. The first-order chi connectivity index (χ1) is 12.3. The van der Waals surface area contributed by atoms with Gasteiger partial charge >= 0.3 is 12.0 Å². The molecule has 0 aliphatic carbocycles. The summed E-state index contributed by atoms with van der Waals surface area (Å²) in [6, 6.07) is 1.69. The maximum absolute atomic E-state index is 14.1. The molecule has 1 aromatic rings. The van der Waals surface area contributed by atoms with E-state index in [-0.39, 0.29) is 29.2 Å². The number of amides is 2. The van der Waals surface area contributed by atoms with Gasteiger partial charge in [0.25, 0.3) is 0 Å². The molecule has 26 heavy (non-hydrogen) atoms. The van der Waals surface area contributed by atoms with Gasteiger partial charge in [0.15, 0.2) is 0 Å². The Morgan fingerprint density at radius 2 is 2.00 bits per heavy atom. The monoisotopic (exact) mass is 386 g/mol. The minimum Gasteiger partial charge on any atom is -0.489 e. The first-order valence-corrected chi connectivity index (χ1v) is 8.75. The fourth-order valence-corrected chi connectivity index (χ4v) is 2.23. The zero-order valence-corrected chi connectivity index (χ0v) is 16.1. The third-order valence-corrected chi connectivity index (χ3v) is 3.30. The predicted octanol–water partition coefficient (Wildman–Crippen LogP) is 4.63. The van der Waals surface area contributed by atoms with E-state index in [0.717, 1.165) is 6.07 Å². The molecular formula is C18H24ClFN2O4. The van der Waals surface area contributed by atoms with Gasteiger partial charge in [-0.05, 0) is 33.3 Å². The van der Waals surface area contributed by atoms with Gasteiger partial charge in [0.05, 0.1) is 23.4 Å². The molecule has 0 saturated heterocycles. The van der Waals surface area contributed by atoms with Crippen molar-refractivity contribution in [3.63, 3.8) is 0 Å². The highest BCUT2D eigenvalue weighted by atomic mass is 35.5. The number of ether oxygens (including phenoxy) is 2. The van der Waals surface area contributed by atoms with Crippen molar-refractivity contribution in [2.75, 3.05) is 11.9 Å². The fraction of sp³-hybridized carbons (Fsp3) is 0.444. The first kappa shape index (κ1) is 21.8. The number of benzene rings is 1. The molecule has 144 valence electrons. The number of hydrogen-bond acceptors (Lipinski definition) is 4. The van der Waals surface area contributed by atoms with Crippen LogP contribution in [0.15, 0.2) is 23.9 Å². The molecule has 0 bridgehead atoms. The average Bonchev–Trinajstić information content (AvgIpc) is 2.51. The second kappa shape index (κ2) is 10.7. The minimum absolute atomic E-state index is 0.0884. The Hall–Kier alpha value is -2.28. The van der Waals surface area contributed by atoms with Gasteiger partial charge in [-0.15, -0.1) is 0 Å². The summed E-state index contributed by atoms with van der Waals surface area (Å²) in [6.07, 6.45) is 2.20. The summed E-state index contributed by atoms with van der Waals surface area (Å²) in [6.45, 7) is 7.42. The topological polar surface area (TPSA) is 76.7 Å². The van der Waals surface area contributed by atoms with Crippen LogP contribution in [-0.2, 0) is 9.53 Å². The summed E-state index contributed by atoms with van der Waals surface area (Å²) < 4.78 is 24.4. The van der Waals surface area contributed by atoms with Crippen LogP contribution < -0.4 is 15.4 Å². The summed E-state index contributed by atoms with van der Waals surface area (Å²) in [4.78, 5) is 23.7. The molecule has 0 unspecified atom stereocenters. The van der Waals surface area contributed by atoms with Crippen LogP contribution in [-0.4, -0.2) is 24.7 Å². The van der Waals surface area contributed by atoms with Crippen LogP contribution >= 0.6 is 11.6 Å². The van der Waals surface area contributed by atoms with E-state index < -0.39 is 17.8 Å². The second-order valence-corrected chi connectivity index (χ2v) is 6.09. The number of carbonyl (C=O) groups excluding carboxylic acids is 2. The molecule has 0 heterocycles. The van der Waals surface area contributed by atoms with E-state index in [2.05, 4.69) is 10.6 Å². The first-order valence-electron chi connectivity index (χ1n) is 8.37. The molecule has 2 N–H and O–H groups in total. The third kappa shape index (κ3) is 7.31. The molecule has 0 aliphatic heterocycles. The van der Waals surface area contributed by atoms with Crippen LogP contribution in [0, 0.1) is 5.82 Å². The molecule has 2 amide bonds. The van der Waals surface area contributed by atoms with Crippen LogP contribution in [0.4, 0.5) is 14.9 Å². The van der Waals surface area contributed by atoms with E-state index >= 15 is 0 Å². The van der Waals surface area contributed by atoms with Crippen LogP contribution in [0.5, 0.6) is 5.75 Å². The summed E-state index contributed by atoms with van der Waals surface area (Å²) >= 11 is 5.94. The molecule has 0 fully saturated rings. The molecule has 6 nitrogen and oxygen atoms in total. The fourth-order valence-electron chi connectivity index (χ4n) is 2.03. The van der Waals surface area contributed by atoms with Crippen LogP contribution in [0.1, 0.15) is 40.5 Å². The zero-order valence-electron chi connectivity index (χ0n) is 15.3. The number of urea groups is 1. The van der Waals surface area contributed by atoms with Crippen molar-refractivity contribution in [1.29, 1.82) is 0 Å². The van der Waals surface area contributed by atoms with Crippen molar-refractivity contribution in [2.45, 2.75) is 46.6 Å². The highest BCUT2D eigenvalue weighted by Gasteiger charge is 2.14. The highest BCUT2D eigenvalue weighted by Crippen LogP contribution is 2.31. The van der Waals surface area contributed by atoms with E-state index in [1.807, 2.05) is 6.92 Å². The third-order valence-electron chi connectivity index (χ3n) is 3.00. The molecular weight excluding hydrogens is 363 g/mol. The van der Waals surface area contributed by atoms with Crippen molar-refractivity contribution < 1.29 is 23.5 Å². The number of esters is 1. The molecule has 1 rings (SSSR count). The number of hydrogen-bond donors (Lipinski definition) is 2. The van der Waals surface area contributed by atoms with E-state index in [1.54, 1.807) is 20.8 Å². The van der Waals surface area contributed by atoms with Crippen molar-refractivity contribution >= 4 is 29.3 Å². The Balaban J connectivity index is 2.89. The Labute approximate surface area is 157 Å². The lowest BCUT2D eigenvalue weighted by atomic mass is 10.2. The van der Waals surface area contributed by atoms with Crippen LogP contribution in [0.3, 0.4) is 0 Å². The summed E-state index contributed by atoms with van der Waals surface area (Å²) in [7, 11) is 0. The second-order valence-electron chi connectivity index (χ2n) is 5.68. The maximum atomic E-state index is 14.1. The van der Waals surface area contributed by atoms with Gasteiger partial charge in [0.2, 0.25) is 0 Å². The van der Waals surface area contributed by atoms with Crippen LogP contribution in [0.2, 0.25) is 5.02 Å². The maximum Gasteiger partial charge on any atom is 0.332 e. The minimum atomic E-state index is -0.701. The molecule has 8 heteroatoms.